The molecule has 2 N–H and O–H groups in total. The average molecular weight is 504 g/mol. The molecule has 0 aliphatic carbocycles. The van der Waals surface area contributed by atoms with E-state index in [0.29, 0.717) is 24.6 Å². The number of hydrogen-bond acceptors (Lipinski definition) is 4. The van der Waals surface area contributed by atoms with Crippen LogP contribution >= 0.6 is 11.6 Å². The second kappa shape index (κ2) is 10.4. The number of amides is 1. The van der Waals surface area contributed by atoms with Crippen LogP contribution in [0.1, 0.15) is 50.3 Å². The van der Waals surface area contributed by atoms with Crippen molar-refractivity contribution < 1.29 is 36.2 Å². The van der Waals surface area contributed by atoms with Gasteiger partial charge in [-0.2, -0.15) is 0 Å². The number of aromatic nitrogens is 1. The third-order valence-electron chi connectivity index (χ3n) is 5.67. The van der Waals surface area contributed by atoms with Gasteiger partial charge in [0.1, 0.15) is 17.5 Å². The summed E-state index contributed by atoms with van der Waals surface area (Å²) in [5.41, 5.74) is 1.27. The summed E-state index contributed by atoms with van der Waals surface area (Å²) in [6.45, 7) is 5.12. The van der Waals surface area contributed by atoms with Crippen molar-refractivity contribution in [3.63, 3.8) is 0 Å². The summed E-state index contributed by atoms with van der Waals surface area (Å²) in [7, 11) is -6.00. The highest BCUT2D eigenvalue weighted by Crippen LogP contribution is 2.44. The normalized spacial score (nSPS) is 21.7. The second-order valence-corrected chi connectivity index (χ2v) is 9.20. The molecular weight excluding hydrogens is 477 g/mol. The molecule has 6 nitrogen and oxygen atoms in total. The van der Waals surface area contributed by atoms with Gasteiger partial charge in [-0.1, -0.05) is 28.4 Å². The lowest BCUT2D eigenvalue weighted by molar-refractivity contribution is -0.639. The Kier molecular flexibility index (Phi) is 7.97. The number of benzene rings is 1. The van der Waals surface area contributed by atoms with Crippen molar-refractivity contribution in [2.75, 3.05) is 12.4 Å². The fraction of sp³-hybridized carbons (Fsp3) is 0.455. The zero-order valence-electron chi connectivity index (χ0n) is 18.9. The van der Waals surface area contributed by atoms with Crippen molar-refractivity contribution >= 4 is 24.8 Å². The van der Waals surface area contributed by atoms with Crippen LogP contribution in [0.4, 0.5) is 17.3 Å². The molecule has 2 aliphatic rings. The molecule has 3 heterocycles. The van der Waals surface area contributed by atoms with Gasteiger partial charge in [-0.25, -0.2) is 5.84 Å². The second-order valence-electron chi connectivity index (χ2n) is 8.76. The van der Waals surface area contributed by atoms with E-state index in [0.717, 1.165) is 29.7 Å². The van der Waals surface area contributed by atoms with E-state index < -0.39 is 12.9 Å². The lowest BCUT2D eigenvalue weighted by Crippen LogP contribution is -2.57. The smallest absolute Gasteiger partial charge is 0.484 e. The van der Waals surface area contributed by atoms with Crippen LogP contribution in [0.5, 0.6) is 5.75 Å². The first-order valence-electron chi connectivity index (χ1n) is 10.9. The molecule has 0 spiro atoms. The summed E-state index contributed by atoms with van der Waals surface area (Å²) in [5, 5.41) is 0.688. The number of carbonyl (C=O) groups is 1. The summed E-state index contributed by atoms with van der Waals surface area (Å²) in [4.78, 5) is 14.8. The number of rotatable bonds is 4. The van der Waals surface area contributed by atoms with Crippen molar-refractivity contribution in [1.29, 1.82) is 0 Å². The predicted octanol–water partition coefficient (Wildman–Crippen LogP) is 4.45. The average Bonchev–Trinajstić information content (AvgIpc) is 2.73. The van der Waals surface area contributed by atoms with Crippen LogP contribution in [0.25, 0.3) is 0 Å². The number of carbonyl (C=O) groups excluding carboxylic acids is 1. The fourth-order valence-corrected chi connectivity index (χ4v) is 4.35. The standard InChI is InChI=1S/C22H27ClN3O3.BF4/c1-22(2)21(28-14-15-6-8-16(23)9-7-15)20(26-11-4-3-5-19(26)27)17-13-25(24)12-10-18(17)29-22;2-1(3,4)5/h6-10,12-13,20-21H,3-5,11,14,24H2,1-2H3;/q+1;-1/t20-,21+;/m0./s1. The molecule has 1 fully saturated rings. The molecule has 1 aromatic heterocycles. The van der Waals surface area contributed by atoms with Gasteiger partial charge < -0.3 is 31.6 Å². The zero-order chi connectivity index (χ0) is 25.1. The first-order chi connectivity index (χ1) is 15.8. The molecule has 1 saturated heterocycles. The van der Waals surface area contributed by atoms with Gasteiger partial charge >= 0.3 is 7.25 Å². The highest BCUT2D eigenvalue weighted by Gasteiger charge is 2.49. The Bertz CT molecular complexity index is 1000. The van der Waals surface area contributed by atoms with E-state index in [2.05, 4.69) is 0 Å². The van der Waals surface area contributed by atoms with Crippen LogP contribution in [0.15, 0.2) is 42.7 Å². The Labute approximate surface area is 200 Å². The monoisotopic (exact) mass is 503 g/mol. The van der Waals surface area contributed by atoms with E-state index >= 15 is 0 Å². The van der Waals surface area contributed by atoms with Crippen LogP contribution < -0.4 is 15.3 Å². The highest BCUT2D eigenvalue weighted by molar-refractivity contribution is 6.50. The number of hydrogen-bond donors (Lipinski definition) is 1. The molecule has 2 aromatic rings. The van der Waals surface area contributed by atoms with Gasteiger partial charge in [0.15, 0.2) is 0 Å². The van der Waals surface area contributed by atoms with Gasteiger partial charge in [0.2, 0.25) is 18.3 Å². The van der Waals surface area contributed by atoms with Gasteiger partial charge in [0.25, 0.3) is 0 Å². The maximum Gasteiger partial charge on any atom is 0.673 e. The van der Waals surface area contributed by atoms with E-state index in [1.165, 1.54) is 4.68 Å². The lowest BCUT2D eigenvalue weighted by atomic mass is 9.85. The molecule has 34 heavy (non-hydrogen) atoms. The van der Waals surface area contributed by atoms with Gasteiger partial charge in [0.05, 0.1) is 18.2 Å². The van der Waals surface area contributed by atoms with Crippen LogP contribution in [0.3, 0.4) is 0 Å². The Morgan fingerprint density at radius 1 is 1.21 bits per heavy atom. The molecule has 0 radical (unpaired) electrons. The molecule has 2 atom stereocenters. The molecule has 0 bridgehead atoms. The van der Waals surface area contributed by atoms with Gasteiger partial charge in [-0.05, 0) is 44.4 Å². The predicted molar refractivity (Wildman–Crippen MR) is 120 cm³/mol. The van der Waals surface area contributed by atoms with Crippen molar-refractivity contribution in [2.45, 2.75) is 57.5 Å². The van der Waals surface area contributed by atoms with Crippen LogP contribution in [0, 0.1) is 0 Å². The number of likely N-dealkylation sites (tertiary alicyclic amines) is 1. The third-order valence-corrected chi connectivity index (χ3v) is 5.92. The number of nitrogens with two attached hydrogens (primary N) is 1. The Balaban J connectivity index is 0.000000588. The zero-order valence-corrected chi connectivity index (χ0v) is 19.7. The van der Waals surface area contributed by atoms with Gasteiger partial charge in [-0.15, -0.1) is 0 Å². The number of pyridine rings is 1. The summed E-state index contributed by atoms with van der Waals surface area (Å²) >= 11 is 6.00. The maximum atomic E-state index is 12.8. The molecule has 0 unspecified atom stereocenters. The van der Waals surface area contributed by atoms with Gasteiger partial charge in [0, 0.05) is 24.1 Å². The Hall–Kier alpha value is -2.53. The summed E-state index contributed by atoms with van der Waals surface area (Å²) in [6.07, 6.45) is 5.70. The lowest BCUT2D eigenvalue weighted by Gasteiger charge is -2.48. The summed E-state index contributed by atoms with van der Waals surface area (Å²) in [6, 6.07) is 9.18. The molecule has 12 heteroatoms. The fourth-order valence-electron chi connectivity index (χ4n) is 4.23. The molecule has 0 saturated carbocycles. The third kappa shape index (κ3) is 6.76. The van der Waals surface area contributed by atoms with Crippen molar-refractivity contribution in [2.24, 2.45) is 0 Å². The van der Waals surface area contributed by atoms with Crippen molar-refractivity contribution in [3.8, 4) is 5.75 Å². The largest absolute Gasteiger partial charge is 0.673 e. The molecule has 4 rings (SSSR count). The van der Waals surface area contributed by atoms with Crippen LogP contribution in [-0.2, 0) is 16.1 Å². The highest BCUT2D eigenvalue weighted by atomic mass is 35.5. The summed E-state index contributed by atoms with van der Waals surface area (Å²) < 4.78 is 53.2. The van der Waals surface area contributed by atoms with E-state index in [4.69, 9.17) is 26.9 Å². The SMILES string of the molecule is CC1(C)Oc2cc[n+](N)cc2[C@H](N2CCCCC2=O)[C@H]1OCc1ccc(Cl)cc1.F[B-](F)(F)F. The number of nitrogens with zero attached hydrogens (tertiary/aromatic N) is 2. The Morgan fingerprint density at radius 2 is 1.85 bits per heavy atom. The van der Waals surface area contributed by atoms with Crippen molar-refractivity contribution in [3.05, 3.63) is 58.9 Å². The quantitative estimate of drug-likeness (QED) is 0.290. The van der Waals surface area contributed by atoms with E-state index in [-0.39, 0.29) is 18.1 Å². The van der Waals surface area contributed by atoms with E-state index in [1.807, 2.05) is 55.3 Å². The topological polar surface area (TPSA) is 68.7 Å². The van der Waals surface area contributed by atoms with Crippen molar-refractivity contribution in [1.82, 2.24) is 4.90 Å². The van der Waals surface area contributed by atoms with Gasteiger partial charge in [-0.3, -0.25) is 4.79 Å². The first kappa shape index (κ1) is 26.1. The van der Waals surface area contributed by atoms with Crippen LogP contribution in [0.2, 0.25) is 5.02 Å². The maximum absolute atomic E-state index is 12.8. The van der Waals surface area contributed by atoms with Crippen LogP contribution in [-0.4, -0.2) is 36.3 Å². The molecule has 186 valence electrons. The minimum Gasteiger partial charge on any atom is -0.484 e. The minimum absolute atomic E-state index is 0.150. The van der Waals surface area contributed by atoms with E-state index in [1.54, 1.807) is 6.20 Å². The number of piperidine rings is 1. The Morgan fingerprint density at radius 3 is 2.47 bits per heavy atom. The minimum atomic E-state index is -6.00. The first-order valence-corrected chi connectivity index (χ1v) is 11.2. The molecule has 1 amide bonds. The van der Waals surface area contributed by atoms with E-state index in [9.17, 15) is 22.1 Å². The number of halogens is 5. The number of fused-ring (bicyclic) bond motifs is 1. The molecule has 1 aromatic carbocycles. The number of nitrogen functional groups attached to an aromatic ring is 1. The number of ether oxygens (including phenoxy) is 2. The molecular formula is C22H27BClF4N3O3. The molecule has 2 aliphatic heterocycles. The summed E-state index contributed by atoms with van der Waals surface area (Å²) in [5.74, 6) is 6.90.